The van der Waals surface area contributed by atoms with Gasteiger partial charge in [0.05, 0.1) is 13.1 Å². The Kier molecular flexibility index (Phi) is 6.73. The van der Waals surface area contributed by atoms with Crippen molar-refractivity contribution in [3.05, 3.63) is 23.9 Å². The van der Waals surface area contributed by atoms with E-state index in [-0.39, 0.29) is 30.9 Å². The molecule has 1 saturated carbocycles. The number of aryl methyl sites for hydroxylation is 1. The van der Waals surface area contributed by atoms with E-state index in [9.17, 15) is 9.59 Å². The van der Waals surface area contributed by atoms with Crippen molar-refractivity contribution < 1.29 is 9.59 Å². The van der Waals surface area contributed by atoms with Crippen molar-refractivity contribution >= 4 is 17.6 Å². The van der Waals surface area contributed by atoms with Crippen LogP contribution in [0.1, 0.15) is 38.3 Å². The van der Waals surface area contributed by atoms with E-state index in [4.69, 9.17) is 0 Å². The van der Waals surface area contributed by atoms with Crippen LogP contribution in [0.15, 0.2) is 18.2 Å². The number of carbonyl (C=O) groups excluding carboxylic acids is 2. The highest BCUT2D eigenvalue weighted by Crippen LogP contribution is 2.23. The summed E-state index contributed by atoms with van der Waals surface area (Å²) in [5, 5.41) is 5.86. The molecule has 0 saturated heterocycles. The van der Waals surface area contributed by atoms with Crippen LogP contribution >= 0.6 is 0 Å². The van der Waals surface area contributed by atoms with E-state index in [1.54, 1.807) is 18.0 Å². The number of pyridine rings is 1. The van der Waals surface area contributed by atoms with Crippen LogP contribution in [0.25, 0.3) is 0 Å². The minimum absolute atomic E-state index is 0.0160. The fourth-order valence-corrected chi connectivity index (χ4v) is 3.12. The van der Waals surface area contributed by atoms with Gasteiger partial charge in [0.2, 0.25) is 11.8 Å². The van der Waals surface area contributed by atoms with Crippen molar-refractivity contribution in [2.75, 3.05) is 25.5 Å². The molecule has 1 aromatic heterocycles. The Hall–Kier alpha value is -1.95. The molecule has 1 aliphatic rings. The molecule has 6 heteroatoms. The average Bonchev–Trinajstić information content (AvgIpc) is 2.49. The second-order valence-corrected chi connectivity index (χ2v) is 6.82. The third-order valence-corrected chi connectivity index (χ3v) is 4.44. The predicted molar refractivity (Wildman–Crippen MR) is 94.7 cm³/mol. The van der Waals surface area contributed by atoms with Gasteiger partial charge in [-0.25, -0.2) is 4.98 Å². The summed E-state index contributed by atoms with van der Waals surface area (Å²) in [5.41, 5.74) is 0.849. The number of rotatable bonds is 6. The molecule has 0 spiro atoms. The van der Waals surface area contributed by atoms with Gasteiger partial charge in [0.1, 0.15) is 5.82 Å². The molecular weight excluding hydrogens is 304 g/mol. The summed E-state index contributed by atoms with van der Waals surface area (Å²) in [6, 6.07) is 5.74. The smallest absolute Gasteiger partial charge is 0.239 e. The molecule has 1 aromatic rings. The van der Waals surface area contributed by atoms with E-state index in [0.717, 1.165) is 12.1 Å². The first-order chi connectivity index (χ1) is 11.4. The molecule has 2 atom stereocenters. The molecule has 2 N–H and O–H groups in total. The topological polar surface area (TPSA) is 74.3 Å². The molecule has 24 heavy (non-hydrogen) atoms. The molecule has 2 rings (SSSR count). The molecule has 1 heterocycles. The number of likely N-dealkylation sites (N-methyl/N-ethyl adjacent to an activating group) is 1. The Morgan fingerprint density at radius 3 is 2.62 bits per heavy atom. The standard InChI is InChI=1S/C18H28N4O2/c1-13-7-4-5-9-15(13)20-17(23)11-22(3)12-18(24)21-16-10-6-8-14(2)19-16/h6,8,10,13,15H,4-5,7,9,11-12H2,1-3H3,(H,20,23)(H,19,21,24)/t13-,15-/m0/s1. The monoisotopic (exact) mass is 332 g/mol. The van der Waals surface area contributed by atoms with E-state index in [1.807, 2.05) is 19.1 Å². The van der Waals surface area contributed by atoms with Crippen LogP contribution in [0.5, 0.6) is 0 Å². The third kappa shape index (κ3) is 5.92. The summed E-state index contributed by atoms with van der Waals surface area (Å²) < 4.78 is 0. The van der Waals surface area contributed by atoms with Gasteiger partial charge in [0.25, 0.3) is 0 Å². The summed E-state index contributed by atoms with van der Waals surface area (Å²) >= 11 is 0. The van der Waals surface area contributed by atoms with E-state index >= 15 is 0 Å². The normalized spacial score (nSPS) is 20.7. The summed E-state index contributed by atoms with van der Waals surface area (Å²) in [7, 11) is 1.77. The average molecular weight is 332 g/mol. The molecule has 1 aliphatic carbocycles. The third-order valence-electron chi connectivity index (χ3n) is 4.44. The van der Waals surface area contributed by atoms with E-state index < -0.39 is 0 Å². The predicted octanol–water partition coefficient (Wildman–Crippen LogP) is 1.96. The summed E-state index contributed by atoms with van der Waals surface area (Å²) in [6.07, 6.45) is 4.65. The quantitative estimate of drug-likeness (QED) is 0.835. The van der Waals surface area contributed by atoms with E-state index in [0.29, 0.717) is 11.7 Å². The number of amides is 2. The largest absolute Gasteiger partial charge is 0.352 e. The first kappa shape index (κ1) is 18.4. The molecule has 0 radical (unpaired) electrons. The first-order valence-corrected chi connectivity index (χ1v) is 8.65. The zero-order valence-electron chi connectivity index (χ0n) is 14.8. The summed E-state index contributed by atoms with van der Waals surface area (Å²) in [6.45, 7) is 4.44. The lowest BCUT2D eigenvalue weighted by atomic mass is 9.86. The van der Waals surface area contributed by atoms with Gasteiger partial charge in [-0.3, -0.25) is 14.5 Å². The number of hydrogen-bond acceptors (Lipinski definition) is 4. The van der Waals surface area contributed by atoms with Crippen LogP contribution in [-0.2, 0) is 9.59 Å². The number of hydrogen-bond donors (Lipinski definition) is 2. The summed E-state index contributed by atoms with van der Waals surface area (Å²) in [4.78, 5) is 30.1. The lowest BCUT2D eigenvalue weighted by Crippen LogP contribution is -2.46. The van der Waals surface area contributed by atoms with Crippen LogP contribution in [0, 0.1) is 12.8 Å². The van der Waals surface area contributed by atoms with Gasteiger partial charge in [0.15, 0.2) is 0 Å². The van der Waals surface area contributed by atoms with Crippen molar-refractivity contribution in [3.8, 4) is 0 Å². The summed E-state index contributed by atoms with van der Waals surface area (Å²) in [5.74, 6) is 0.879. The van der Waals surface area contributed by atoms with Crippen LogP contribution in [0.2, 0.25) is 0 Å². The Balaban J connectivity index is 1.74. The van der Waals surface area contributed by atoms with Gasteiger partial charge in [-0.05, 0) is 44.9 Å². The second-order valence-electron chi connectivity index (χ2n) is 6.82. The molecule has 0 bridgehead atoms. The minimum Gasteiger partial charge on any atom is -0.352 e. The van der Waals surface area contributed by atoms with Gasteiger partial charge in [0, 0.05) is 11.7 Å². The highest BCUT2D eigenvalue weighted by atomic mass is 16.2. The molecule has 6 nitrogen and oxygen atoms in total. The molecular formula is C18H28N4O2. The number of carbonyl (C=O) groups is 2. The van der Waals surface area contributed by atoms with Crippen LogP contribution in [-0.4, -0.2) is 47.9 Å². The zero-order chi connectivity index (χ0) is 17.5. The lowest BCUT2D eigenvalue weighted by Gasteiger charge is -2.30. The van der Waals surface area contributed by atoms with Crippen molar-refractivity contribution in [1.29, 1.82) is 0 Å². The van der Waals surface area contributed by atoms with Gasteiger partial charge in [-0.15, -0.1) is 0 Å². The number of nitrogens with one attached hydrogen (secondary N) is 2. The highest BCUT2D eigenvalue weighted by Gasteiger charge is 2.23. The van der Waals surface area contributed by atoms with Gasteiger partial charge in [-0.1, -0.05) is 25.8 Å². The molecule has 2 amide bonds. The molecule has 0 aromatic carbocycles. The minimum atomic E-state index is -0.172. The van der Waals surface area contributed by atoms with Crippen LogP contribution in [0.3, 0.4) is 0 Å². The van der Waals surface area contributed by atoms with Crippen molar-refractivity contribution in [2.24, 2.45) is 5.92 Å². The maximum atomic E-state index is 12.2. The SMILES string of the molecule is Cc1cccc(NC(=O)CN(C)CC(=O)N[C@H]2CCCC[C@@H]2C)n1. The van der Waals surface area contributed by atoms with Crippen molar-refractivity contribution in [2.45, 2.75) is 45.6 Å². The van der Waals surface area contributed by atoms with E-state index in [2.05, 4.69) is 22.5 Å². The number of nitrogens with zero attached hydrogens (tertiary/aromatic N) is 2. The number of aromatic nitrogens is 1. The molecule has 0 unspecified atom stereocenters. The van der Waals surface area contributed by atoms with E-state index in [1.165, 1.54) is 19.3 Å². The number of anilines is 1. The first-order valence-electron chi connectivity index (χ1n) is 8.65. The zero-order valence-corrected chi connectivity index (χ0v) is 14.8. The highest BCUT2D eigenvalue weighted by molar-refractivity contribution is 5.91. The molecule has 1 fully saturated rings. The lowest BCUT2D eigenvalue weighted by molar-refractivity contribution is -0.124. The fraction of sp³-hybridized carbons (Fsp3) is 0.611. The van der Waals surface area contributed by atoms with Gasteiger partial charge >= 0.3 is 0 Å². The maximum absolute atomic E-state index is 12.2. The van der Waals surface area contributed by atoms with Crippen molar-refractivity contribution in [3.63, 3.8) is 0 Å². The van der Waals surface area contributed by atoms with Crippen molar-refractivity contribution in [1.82, 2.24) is 15.2 Å². The maximum Gasteiger partial charge on any atom is 0.239 e. The molecule has 132 valence electrons. The molecule has 0 aliphatic heterocycles. The Morgan fingerprint density at radius 1 is 1.21 bits per heavy atom. The Labute approximate surface area is 144 Å². The Morgan fingerprint density at radius 2 is 1.92 bits per heavy atom. The second kappa shape index (κ2) is 8.78. The van der Waals surface area contributed by atoms with Gasteiger partial charge in [-0.2, -0.15) is 0 Å². The Bertz CT molecular complexity index is 576. The van der Waals surface area contributed by atoms with Gasteiger partial charge < -0.3 is 10.6 Å². The van der Waals surface area contributed by atoms with Crippen LogP contribution < -0.4 is 10.6 Å². The van der Waals surface area contributed by atoms with Crippen LogP contribution in [0.4, 0.5) is 5.82 Å². The fourth-order valence-electron chi connectivity index (χ4n) is 3.12.